The van der Waals surface area contributed by atoms with E-state index in [4.69, 9.17) is 8.92 Å². The highest BCUT2D eigenvalue weighted by molar-refractivity contribution is 9.10. The Morgan fingerprint density at radius 1 is 1.24 bits per heavy atom. The lowest BCUT2D eigenvalue weighted by molar-refractivity contribution is -0.142. The van der Waals surface area contributed by atoms with Gasteiger partial charge in [-0.25, -0.2) is 0 Å². The Hall–Kier alpha value is -0.920. The summed E-state index contributed by atoms with van der Waals surface area (Å²) in [6.07, 6.45) is 2.43. The number of esters is 1. The van der Waals surface area contributed by atoms with Gasteiger partial charge in [0.05, 0.1) is 19.5 Å². The van der Waals surface area contributed by atoms with Crippen LogP contribution in [-0.4, -0.2) is 33.9 Å². The van der Waals surface area contributed by atoms with Crippen molar-refractivity contribution in [1.29, 1.82) is 0 Å². The van der Waals surface area contributed by atoms with Crippen molar-refractivity contribution in [3.05, 3.63) is 34.3 Å². The van der Waals surface area contributed by atoms with E-state index in [1.807, 2.05) is 24.3 Å². The van der Waals surface area contributed by atoms with Crippen molar-refractivity contribution in [3.8, 4) is 0 Å². The molecule has 0 heterocycles. The Morgan fingerprint density at radius 2 is 1.86 bits per heavy atom. The molecule has 0 spiro atoms. The molecule has 1 aromatic carbocycles. The standard InChI is InChI=1S/C14H19BrO5S/c1-11(16)19-9-13(10-20-21(2,17)18)4-3-12-5-7-14(15)8-6-12/h5-8,13H,3-4,9-10H2,1-2H3. The van der Waals surface area contributed by atoms with Crippen LogP contribution in [0.3, 0.4) is 0 Å². The average molecular weight is 379 g/mol. The van der Waals surface area contributed by atoms with Crippen molar-refractivity contribution in [3.63, 3.8) is 0 Å². The minimum Gasteiger partial charge on any atom is -0.465 e. The zero-order valence-corrected chi connectivity index (χ0v) is 14.4. The molecule has 1 unspecified atom stereocenters. The van der Waals surface area contributed by atoms with Gasteiger partial charge in [0.25, 0.3) is 10.1 Å². The summed E-state index contributed by atoms with van der Waals surface area (Å²) in [7, 11) is -3.49. The van der Waals surface area contributed by atoms with Gasteiger partial charge in [-0.15, -0.1) is 0 Å². The smallest absolute Gasteiger partial charge is 0.302 e. The van der Waals surface area contributed by atoms with Crippen molar-refractivity contribution >= 4 is 32.0 Å². The highest BCUT2D eigenvalue weighted by Gasteiger charge is 2.14. The topological polar surface area (TPSA) is 69.7 Å². The summed E-state index contributed by atoms with van der Waals surface area (Å²) in [6.45, 7) is 1.49. The molecule has 1 aromatic rings. The Bertz CT molecular complexity index is 553. The average Bonchev–Trinajstić information content (AvgIpc) is 2.38. The van der Waals surface area contributed by atoms with E-state index in [1.165, 1.54) is 6.92 Å². The van der Waals surface area contributed by atoms with Crippen molar-refractivity contribution in [2.45, 2.75) is 19.8 Å². The van der Waals surface area contributed by atoms with Crippen LogP contribution in [0.4, 0.5) is 0 Å². The predicted octanol–water partition coefficient (Wildman–Crippen LogP) is 2.54. The normalized spacial score (nSPS) is 12.9. The third-order valence-corrected chi connectivity index (χ3v) is 3.89. The van der Waals surface area contributed by atoms with E-state index < -0.39 is 10.1 Å². The van der Waals surface area contributed by atoms with Crippen LogP contribution < -0.4 is 0 Å². The zero-order valence-electron chi connectivity index (χ0n) is 12.0. The third-order valence-electron chi connectivity index (χ3n) is 2.79. The van der Waals surface area contributed by atoms with E-state index in [9.17, 15) is 13.2 Å². The van der Waals surface area contributed by atoms with E-state index in [-0.39, 0.29) is 25.1 Å². The molecule has 0 fully saturated rings. The number of hydrogen-bond donors (Lipinski definition) is 0. The van der Waals surface area contributed by atoms with Crippen molar-refractivity contribution < 1.29 is 22.1 Å². The molecule has 1 rings (SSSR count). The van der Waals surface area contributed by atoms with Crippen LogP contribution in [0.2, 0.25) is 0 Å². The van der Waals surface area contributed by atoms with E-state index >= 15 is 0 Å². The Labute approximate surface area is 133 Å². The maximum Gasteiger partial charge on any atom is 0.302 e. The Balaban J connectivity index is 2.54. The molecule has 0 aliphatic heterocycles. The van der Waals surface area contributed by atoms with Gasteiger partial charge in [0.2, 0.25) is 0 Å². The third kappa shape index (κ3) is 8.85. The summed E-state index contributed by atoms with van der Waals surface area (Å²) >= 11 is 3.37. The highest BCUT2D eigenvalue weighted by Crippen LogP contribution is 2.15. The lowest BCUT2D eigenvalue weighted by Gasteiger charge is -2.16. The van der Waals surface area contributed by atoms with Gasteiger partial charge < -0.3 is 4.74 Å². The SMILES string of the molecule is CC(=O)OCC(CCc1ccc(Br)cc1)COS(C)(=O)=O. The van der Waals surface area contributed by atoms with Gasteiger partial charge in [-0.1, -0.05) is 28.1 Å². The first-order valence-electron chi connectivity index (χ1n) is 6.48. The summed E-state index contributed by atoms with van der Waals surface area (Å²) < 4.78 is 32.9. The van der Waals surface area contributed by atoms with Crippen molar-refractivity contribution in [2.75, 3.05) is 19.5 Å². The zero-order chi connectivity index (χ0) is 15.9. The molecule has 118 valence electrons. The van der Waals surface area contributed by atoms with Crippen LogP contribution >= 0.6 is 15.9 Å². The van der Waals surface area contributed by atoms with Crippen molar-refractivity contribution in [1.82, 2.24) is 0 Å². The van der Waals surface area contributed by atoms with Gasteiger partial charge in [0.15, 0.2) is 0 Å². The molecule has 5 nitrogen and oxygen atoms in total. The largest absolute Gasteiger partial charge is 0.465 e. The van der Waals surface area contributed by atoms with Crippen LogP contribution in [0.5, 0.6) is 0 Å². The van der Waals surface area contributed by atoms with Crippen LogP contribution in [0.25, 0.3) is 0 Å². The molecule has 0 aromatic heterocycles. The molecule has 0 bridgehead atoms. The van der Waals surface area contributed by atoms with E-state index in [1.54, 1.807) is 0 Å². The van der Waals surface area contributed by atoms with Crippen LogP contribution in [0, 0.1) is 5.92 Å². The first-order valence-corrected chi connectivity index (χ1v) is 9.09. The van der Waals surface area contributed by atoms with Crippen LogP contribution in [-0.2, 0) is 30.3 Å². The summed E-state index contributed by atoms with van der Waals surface area (Å²) in [5.74, 6) is -0.546. The minimum atomic E-state index is -3.49. The number of ether oxygens (including phenoxy) is 1. The second-order valence-electron chi connectivity index (χ2n) is 4.82. The molecule has 0 saturated heterocycles. The highest BCUT2D eigenvalue weighted by atomic mass is 79.9. The first-order chi connectivity index (χ1) is 9.76. The lowest BCUT2D eigenvalue weighted by Crippen LogP contribution is -2.20. The molecular formula is C14H19BrO5S. The summed E-state index contributed by atoms with van der Waals surface area (Å²) in [5, 5.41) is 0. The van der Waals surface area contributed by atoms with E-state index in [0.717, 1.165) is 22.7 Å². The molecule has 7 heteroatoms. The second kappa shape index (κ2) is 8.51. The lowest BCUT2D eigenvalue weighted by atomic mass is 10.0. The van der Waals surface area contributed by atoms with E-state index in [0.29, 0.717) is 6.42 Å². The fraction of sp³-hybridized carbons (Fsp3) is 0.500. The van der Waals surface area contributed by atoms with Gasteiger partial charge in [-0.05, 0) is 30.5 Å². The fourth-order valence-corrected chi connectivity index (χ4v) is 2.40. The Kier molecular flexibility index (Phi) is 7.34. The number of carbonyl (C=O) groups excluding carboxylic acids is 1. The molecule has 1 atom stereocenters. The first kappa shape index (κ1) is 18.1. The molecule has 0 radical (unpaired) electrons. The number of aryl methyl sites for hydroxylation is 1. The van der Waals surface area contributed by atoms with Crippen LogP contribution in [0.15, 0.2) is 28.7 Å². The number of hydrogen-bond acceptors (Lipinski definition) is 5. The summed E-state index contributed by atoms with van der Waals surface area (Å²) in [4.78, 5) is 10.9. The Morgan fingerprint density at radius 3 is 2.38 bits per heavy atom. The number of rotatable bonds is 8. The second-order valence-corrected chi connectivity index (χ2v) is 7.38. The van der Waals surface area contributed by atoms with Gasteiger partial charge in [-0.2, -0.15) is 8.42 Å². The van der Waals surface area contributed by atoms with Gasteiger partial charge in [0.1, 0.15) is 0 Å². The quantitative estimate of drug-likeness (QED) is 0.513. The van der Waals surface area contributed by atoms with Gasteiger partial charge in [0, 0.05) is 17.3 Å². The van der Waals surface area contributed by atoms with Gasteiger partial charge in [-0.3, -0.25) is 8.98 Å². The maximum atomic E-state index is 11.1. The predicted molar refractivity (Wildman–Crippen MR) is 83.4 cm³/mol. The molecule has 0 N–H and O–H groups in total. The van der Waals surface area contributed by atoms with Crippen molar-refractivity contribution in [2.24, 2.45) is 5.92 Å². The van der Waals surface area contributed by atoms with Gasteiger partial charge >= 0.3 is 5.97 Å². The molecular weight excluding hydrogens is 360 g/mol. The van der Waals surface area contributed by atoms with Crippen LogP contribution in [0.1, 0.15) is 18.9 Å². The molecule has 21 heavy (non-hydrogen) atoms. The number of halogens is 1. The van der Waals surface area contributed by atoms with E-state index in [2.05, 4.69) is 15.9 Å². The molecule has 0 saturated carbocycles. The monoisotopic (exact) mass is 378 g/mol. The summed E-state index contributed by atoms with van der Waals surface area (Å²) in [6, 6.07) is 7.88. The maximum absolute atomic E-state index is 11.1. The fourth-order valence-electron chi connectivity index (χ4n) is 1.69. The number of carbonyl (C=O) groups is 1. The number of benzene rings is 1. The molecule has 0 aliphatic carbocycles. The minimum absolute atomic E-state index is 0.0165. The molecule has 0 amide bonds. The molecule has 0 aliphatic rings. The summed E-state index contributed by atoms with van der Waals surface area (Å²) in [5.41, 5.74) is 1.13.